The number of aromatic nitrogens is 2. The number of aliphatic hydroxyl groups is 1. The Labute approximate surface area is 192 Å². The van der Waals surface area contributed by atoms with Gasteiger partial charge in [-0.2, -0.15) is 0 Å². The van der Waals surface area contributed by atoms with Gasteiger partial charge in [-0.1, -0.05) is 23.5 Å². The number of carboxylic acids is 1. The Morgan fingerprint density at radius 2 is 1.59 bits per heavy atom. The third-order valence-electron chi connectivity index (χ3n) is 6.92. The Balaban J connectivity index is 1.27. The van der Waals surface area contributed by atoms with Crippen LogP contribution >= 0.6 is 11.3 Å². The predicted molar refractivity (Wildman–Crippen MR) is 123 cm³/mol. The molecule has 1 amide bonds. The van der Waals surface area contributed by atoms with Gasteiger partial charge in [0.2, 0.25) is 5.13 Å². The monoisotopic (exact) mass is 457 g/mol. The van der Waals surface area contributed by atoms with Crippen LogP contribution in [0.2, 0.25) is 0 Å². The summed E-state index contributed by atoms with van der Waals surface area (Å²) in [4.78, 5) is 23.5. The predicted octanol–water partition coefficient (Wildman–Crippen LogP) is 4.63. The van der Waals surface area contributed by atoms with Crippen LogP contribution in [-0.2, 0) is 11.2 Å². The van der Waals surface area contributed by atoms with Gasteiger partial charge in [0.25, 0.3) is 5.91 Å². The normalized spacial score (nSPS) is 25.9. The number of carboxylic acid groups (broad SMARTS) is 1. The molecule has 0 spiro atoms. The highest BCUT2D eigenvalue weighted by atomic mass is 32.1. The van der Waals surface area contributed by atoms with E-state index in [1.807, 2.05) is 24.3 Å². The molecule has 2 aliphatic carbocycles. The average Bonchev–Trinajstić information content (AvgIpc) is 3.22. The van der Waals surface area contributed by atoms with E-state index in [2.05, 4.69) is 15.5 Å². The topological polar surface area (TPSA) is 112 Å². The van der Waals surface area contributed by atoms with Gasteiger partial charge in [0.1, 0.15) is 5.01 Å². The largest absolute Gasteiger partial charge is 0.481 e. The van der Waals surface area contributed by atoms with Gasteiger partial charge in [-0.25, -0.2) is 0 Å². The molecule has 2 fully saturated rings. The number of anilines is 1. The molecule has 172 valence electrons. The molecule has 2 saturated carbocycles. The first-order valence-corrected chi connectivity index (χ1v) is 12.4. The Morgan fingerprint density at radius 1 is 0.938 bits per heavy atom. The van der Waals surface area contributed by atoms with Crippen molar-refractivity contribution in [3.63, 3.8) is 0 Å². The molecule has 0 saturated heterocycles. The van der Waals surface area contributed by atoms with Crippen molar-refractivity contribution >= 4 is 28.3 Å². The maximum absolute atomic E-state index is 12.6. The molecule has 4 rings (SSSR count). The summed E-state index contributed by atoms with van der Waals surface area (Å²) in [5.74, 6) is 0.353. The number of nitrogens with one attached hydrogen (secondary N) is 1. The van der Waals surface area contributed by atoms with E-state index in [9.17, 15) is 14.7 Å². The molecule has 7 nitrogen and oxygen atoms in total. The van der Waals surface area contributed by atoms with Crippen LogP contribution in [0.4, 0.5) is 5.13 Å². The van der Waals surface area contributed by atoms with Gasteiger partial charge in [-0.3, -0.25) is 14.9 Å². The number of hydrogen-bond acceptors (Lipinski definition) is 6. The molecule has 0 atom stereocenters. The lowest BCUT2D eigenvalue weighted by molar-refractivity contribution is -0.138. The second-order valence-corrected chi connectivity index (χ2v) is 10.3. The van der Waals surface area contributed by atoms with E-state index in [4.69, 9.17) is 5.11 Å². The van der Waals surface area contributed by atoms with Crippen LogP contribution in [0.1, 0.15) is 84.6 Å². The van der Waals surface area contributed by atoms with Crippen LogP contribution in [0.25, 0.3) is 0 Å². The Bertz CT molecular complexity index is 914. The SMILES string of the molecule is O=C(O)C[C@H]1CC[C@H](c2ccc(C(=O)Nc3nnc(CC4CCC(O)CC4)s3)cc2)CC1. The lowest BCUT2D eigenvalue weighted by Crippen LogP contribution is -2.19. The zero-order valence-electron chi connectivity index (χ0n) is 18.2. The van der Waals surface area contributed by atoms with Crippen LogP contribution < -0.4 is 5.32 Å². The quantitative estimate of drug-likeness (QED) is 0.559. The highest BCUT2D eigenvalue weighted by molar-refractivity contribution is 7.15. The van der Waals surface area contributed by atoms with Gasteiger partial charge in [0, 0.05) is 18.4 Å². The summed E-state index contributed by atoms with van der Waals surface area (Å²) < 4.78 is 0. The van der Waals surface area contributed by atoms with E-state index in [0.29, 0.717) is 22.5 Å². The molecule has 3 N–H and O–H groups in total. The van der Waals surface area contributed by atoms with Crippen LogP contribution in [0.5, 0.6) is 0 Å². The standard InChI is InChI=1S/C24H31N3O4S/c28-20-11-3-15(4-12-20)13-21-26-27-24(32-21)25-23(31)19-9-7-18(8-10-19)17-5-1-16(2-6-17)14-22(29)30/h7-10,15-17,20,28H,1-6,11-14H2,(H,29,30)(H,25,27,31)/t15?,16-,17-,20?. The Morgan fingerprint density at radius 3 is 2.25 bits per heavy atom. The molecule has 8 heteroatoms. The van der Waals surface area contributed by atoms with E-state index in [-0.39, 0.29) is 24.3 Å². The molecule has 32 heavy (non-hydrogen) atoms. The number of nitrogens with zero attached hydrogens (tertiary/aromatic N) is 2. The van der Waals surface area contributed by atoms with Gasteiger partial charge < -0.3 is 10.2 Å². The second kappa shape index (κ2) is 10.5. The molecule has 1 aromatic heterocycles. The molecule has 1 heterocycles. The zero-order valence-corrected chi connectivity index (χ0v) is 19.0. The smallest absolute Gasteiger partial charge is 0.303 e. The molecular weight excluding hydrogens is 426 g/mol. The maximum atomic E-state index is 12.6. The molecule has 2 aromatic rings. The number of aliphatic hydroxyl groups excluding tert-OH is 1. The lowest BCUT2D eigenvalue weighted by Gasteiger charge is -2.28. The van der Waals surface area contributed by atoms with Crippen LogP contribution in [0.15, 0.2) is 24.3 Å². The lowest BCUT2D eigenvalue weighted by atomic mass is 9.77. The first kappa shape index (κ1) is 22.9. The zero-order chi connectivity index (χ0) is 22.5. The summed E-state index contributed by atoms with van der Waals surface area (Å²) >= 11 is 1.42. The Hall–Kier alpha value is -2.32. The summed E-state index contributed by atoms with van der Waals surface area (Å²) in [7, 11) is 0. The van der Waals surface area contributed by atoms with Gasteiger partial charge in [-0.05, 0) is 86.8 Å². The molecular formula is C24H31N3O4S. The second-order valence-electron chi connectivity index (χ2n) is 9.27. The minimum absolute atomic E-state index is 0.158. The van der Waals surface area contributed by atoms with Crippen LogP contribution in [0.3, 0.4) is 0 Å². The minimum atomic E-state index is -0.708. The van der Waals surface area contributed by atoms with E-state index in [1.165, 1.54) is 16.9 Å². The van der Waals surface area contributed by atoms with Crippen LogP contribution in [-0.4, -0.2) is 38.4 Å². The van der Waals surface area contributed by atoms with Gasteiger partial charge >= 0.3 is 5.97 Å². The third kappa shape index (κ3) is 6.13. The number of benzene rings is 1. The van der Waals surface area contributed by atoms with E-state index < -0.39 is 5.97 Å². The van der Waals surface area contributed by atoms with Crippen molar-refractivity contribution in [2.75, 3.05) is 5.32 Å². The van der Waals surface area contributed by atoms with Crippen molar-refractivity contribution in [2.45, 2.75) is 76.2 Å². The highest BCUT2D eigenvalue weighted by Crippen LogP contribution is 2.37. The summed E-state index contributed by atoms with van der Waals surface area (Å²) in [6.45, 7) is 0. The van der Waals surface area contributed by atoms with Crippen molar-refractivity contribution in [1.29, 1.82) is 0 Å². The molecule has 0 radical (unpaired) electrons. The fraction of sp³-hybridized carbons (Fsp3) is 0.583. The first-order valence-electron chi connectivity index (χ1n) is 11.6. The number of carbonyl (C=O) groups excluding carboxylic acids is 1. The first-order chi connectivity index (χ1) is 15.5. The fourth-order valence-corrected chi connectivity index (χ4v) is 5.85. The van der Waals surface area contributed by atoms with Crippen molar-refractivity contribution in [2.24, 2.45) is 11.8 Å². The Kier molecular flexibility index (Phi) is 7.52. The van der Waals surface area contributed by atoms with Crippen molar-refractivity contribution in [3.8, 4) is 0 Å². The van der Waals surface area contributed by atoms with Crippen molar-refractivity contribution < 1.29 is 19.8 Å². The number of aliphatic carboxylic acids is 1. The number of hydrogen-bond donors (Lipinski definition) is 3. The fourth-order valence-electron chi connectivity index (χ4n) is 5.01. The number of carbonyl (C=O) groups is 2. The average molecular weight is 458 g/mol. The maximum Gasteiger partial charge on any atom is 0.303 e. The summed E-state index contributed by atoms with van der Waals surface area (Å²) in [5.41, 5.74) is 1.80. The third-order valence-corrected chi connectivity index (χ3v) is 7.78. The van der Waals surface area contributed by atoms with Gasteiger partial charge in [0.05, 0.1) is 6.10 Å². The number of rotatable bonds is 7. The van der Waals surface area contributed by atoms with E-state index >= 15 is 0 Å². The van der Waals surface area contributed by atoms with E-state index in [1.54, 1.807) is 0 Å². The van der Waals surface area contributed by atoms with Gasteiger partial charge in [-0.15, -0.1) is 10.2 Å². The molecule has 1 aromatic carbocycles. The minimum Gasteiger partial charge on any atom is -0.481 e. The molecule has 0 aliphatic heterocycles. The highest BCUT2D eigenvalue weighted by Gasteiger charge is 2.24. The molecule has 2 aliphatic rings. The summed E-state index contributed by atoms with van der Waals surface area (Å²) in [6, 6.07) is 7.73. The van der Waals surface area contributed by atoms with E-state index in [0.717, 1.165) is 62.8 Å². The molecule has 0 bridgehead atoms. The van der Waals surface area contributed by atoms with Crippen molar-refractivity contribution in [3.05, 3.63) is 40.4 Å². The summed E-state index contributed by atoms with van der Waals surface area (Å²) in [6.07, 6.45) is 8.57. The van der Waals surface area contributed by atoms with Gasteiger partial charge in [0.15, 0.2) is 0 Å². The summed E-state index contributed by atoms with van der Waals surface area (Å²) in [5, 5.41) is 31.3. The van der Waals surface area contributed by atoms with Crippen LogP contribution in [0, 0.1) is 11.8 Å². The number of amides is 1. The van der Waals surface area contributed by atoms with Crippen molar-refractivity contribution in [1.82, 2.24) is 10.2 Å². The molecule has 0 unspecified atom stereocenters.